The van der Waals surface area contributed by atoms with E-state index >= 15 is 0 Å². The van der Waals surface area contributed by atoms with Crippen molar-refractivity contribution in [3.05, 3.63) is 143 Å². The van der Waals surface area contributed by atoms with Gasteiger partial charge in [-0.2, -0.15) is 0 Å². The molecule has 0 heterocycles. The molecule has 0 bridgehead atoms. The fourth-order valence-electron chi connectivity index (χ4n) is 7.02. The van der Waals surface area contributed by atoms with Crippen LogP contribution in [0.3, 0.4) is 0 Å². The van der Waals surface area contributed by atoms with E-state index < -0.39 is 0 Å². The summed E-state index contributed by atoms with van der Waals surface area (Å²) in [6, 6.07) is 41.2. The number of fused-ring (bicyclic) bond motifs is 4. The zero-order valence-electron chi connectivity index (χ0n) is 20.9. The molecule has 0 saturated heterocycles. The Morgan fingerprint density at radius 1 is 0.378 bits per heavy atom. The Balaban J connectivity index is 1.13. The minimum atomic E-state index is 1.04. The highest BCUT2D eigenvalue weighted by atomic mass is 14.2. The zero-order chi connectivity index (χ0) is 24.3. The first kappa shape index (κ1) is 21.0. The van der Waals surface area contributed by atoms with Crippen molar-refractivity contribution in [2.45, 2.75) is 32.1 Å². The first-order chi connectivity index (χ1) is 18.3. The molecule has 0 spiro atoms. The van der Waals surface area contributed by atoms with Gasteiger partial charge in [0.1, 0.15) is 0 Å². The maximum absolute atomic E-state index is 2.39. The molecule has 0 amide bonds. The van der Waals surface area contributed by atoms with Gasteiger partial charge in [-0.1, -0.05) is 109 Å². The van der Waals surface area contributed by atoms with Crippen molar-refractivity contribution in [3.8, 4) is 22.3 Å². The third-order valence-electron chi connectivity index (χ3n) is 8.70. The van der Waals surface area contributed by atoms with Crippen LogP contribution < -0.4 is 0 Å². The number of rotatable bonds is 4. The molecule has 0 atom stereocenters. The van der Waals surface area contributed by atoms with Crippen LogP contribution in [0.1, 0.15) is 39.8 Å². The molecule has 2 aliphatic rings. The van der Waals surface area contributed by atoms with E-state index in [9.17, 15) is 0 Å². The molecular formula is C37H28. The van der Waals surface area contributed by atoms with Gasteiger partial charge in [0, 0.05) is 0 Å². The maximum atomic E-state index is 2.39. The summed E-state index contributed by atoms with van der Waals surface area (Å²) in [5.74, 6) is 0. The molecule has 6 aromatic rings. The van der Waals surface area contributed by atoms with Crippen LogP contribution in [0.25, 0.3) is 43.8 Å². The molecule has 176 valence electrons. The molecule has 0 unspecified atom stereocenters. The molecule has 0 heteroatoms. The number of aryl methyl sites for hydroxylation is 2. The predicted molar refractivity (Wildman–Crippen MR) is 156 cm³/mol. The number of hydrogen-bond acceptors (Lipinski definition) is 0. The first-order valence-electron chi connectivity index (χ1n) is 13.6. The van der Waals surface area contributed by atoms with Crippen molar-refractivity contribution in [2.24, 2.45) is 0 Å². The van der Waals surface area contributed by atoms with E-state index in [0.717, 1.165) is 32.1 Å². The highest BCUT2D eigenvalue weighted by Crippen LogP contribution is 2.42. The van der Waals surface area contributed by atoms with Crippen LogP contribution in [0.15, 0.2) is 109 Å². The van der Waals surface area contributed by atoms with Crippen LogP contribution in [0.2, 0.25) is 0 Å². The summed E-state index contributed by atoms with van der Waals surface area (Å²) in [4.78, 5) is 0. The van der Waals surface area contributed by atoms with Gasteiger partial charge >= 0.3 is 0 Å². The second-order valence-corrected chi connectivity index (χ2v) is 10.7. The summed E-state index contributed by atoms with van der Waals surface area (Å²) >= 11 is 0. The lowest BCUT2D eigenvalue weighted by Crippen LogP contribution is -2.03. The van der Waals surface area contributed by atoms with Crippen LogP contribution in [-0.4, -0.2) is 0 Å². The fourth-order valence-corrected chi connectivity index (χ4v) is 7.02. The maximum Gasteiger partial charge on any atom is -0.00132 e. The Morgan fingerprint density at radius 3 is 1.35 bits per heavy atom. The quantitative estimate of drug-likeness (QED) is 0.239. The molecule has 2 aliphatic carbocycles. The van der Waals surface area contributed by atoms with Gasteiger partial charge in [0.25, 0.3) is 0 Å². The van der Waals surface area contributed by atoms with Crippen molar-refractivity contribution in [3.63, 3.8) is 0 Å². The van der Waals surface area contributed by atoms with Crippen molar-refractivity contribution in [1.29, 1.82) is 0 Å². The molecule has 0 nitrogen and oxygen atoms in total. The van der Waals surface area contributed by atoms with Gasteiger partial charge in [0.05, 0.1) is 0 Å². The average Bonchev–Trinajstić information content (AvgIpc) is 2.95. The van der Waals surface area contributed by atoms with E-state index in [2.05, 4.69) is 109 Å². The highest BCUT2D eigenvalue weighted by molar-refractivity contribution is 6.04. The van der Waals surface area contributed by atoms with Gasteiger partial charge in [-0.05, 0) is 109 Å². The summed E-state index contributed by atoms with van der Waals surface area (Å²) in [6.07, 6.45) is 5.44. The van der Waals surface area contributed by atoms with Crippen molar-refractivity contribution in [1.82, 2.24) is 0 Å². The average molecular weight is 473 g/mol. The molecule has 0 aromatic heterocycles. The lowest BCUT2D eigenvalue weighted by atomic mass is 9.81. The Kier molecular flexibility index (Phi) is 4.64. The van der Waals surface area contributed by atoms with Crippen molar-refractivity contribution < 1.29 is 0 Å². The van der Waals surface area contributed by atoms with Crippen molar-refractivity contribution in [2.75, 3.05) is 0 Å². The summed E-state index contributed by atoms with van der Waals surface area (Å²) < 4.78 is 0. The summed E-state index contributed by atoms with van der Waals surface area (Å²) in [5, 5.41) is 5.83. The molecule has 0 saturated carbocycles. The second kappa shape index (κ2) is 8.18. The van der Waals surface area contributed by atoms with E-state index in [4.69, 9.17) is 0 Å². The summed E-state index contributed by atoms with van der Waals surface area (Å²) in [6.45, 7) is 0. The van der Waals surface area contributed by atoms with Crippen LogP contribution >= 0.6 is 0 Å². The molecule has 6 aromatic carbocycles. The smallest absolute Gasteiger partial charge is 0.00132 e. The second-order valence-electron chi connectivity index (χ2n) is 10.7. The highest BCUT2D eigenvalue weighted by Gasteiger charge is 2.20. The van der Waals surface area contributed by atoms with Gasteiger partial charge in [-0.3, -0.25) is 0 Å². The Morgan fingerprint density at radius 2 is 0.838 bits per heavy atom. The zero-order valence-corrected chi connectivity index (χ0v) is 20.9. The van der Waals surface area contributed by atoms with E-state index in [0.29, 0.717) is 0 Å². The number of hydrogen-bond donors (Lipinski definition) is 0. The Bertz CT molecular complexity index is 1720. The largest absolute Gasteiger partial charge is 0.0619 e. The van der Waals surface area contributed by atoms with Crippen LogP contribution in [0, 0.1) is 0 Å². The van der Waals surface area contributed by atoms with E-state index in [1.165, 1.54) is 77.2 Å². The SMILES string of the molecule is c1ccc2c(c1)Cc1cccc3c(CCCc4ccc5c6c(cccc46)Cc4ccccc4-5)ccc-2c13. The molecule has 37 heavy (non-hydrogen) atoms. The third kappa shape index (κ3) is 3.22. The van der Waals surface area contributed by atoms with Gasteiger partial charge in [-0.25, -0.2) is 0 Å². The van der Waals surface area contributed by atoms with E-state index in [1.54, 1.807) is 0 Å². The normalized spacial score (nSPS) is 13.0. The molecule has 0 fully saturated rings. The van der Waals surface area contributed by atoms with Gasteiger partial charge < -0.3 is 0 Å². The van der Waals surface area contributed by atoms with Gasteiger partial charge in [0.15, 0.2) is 0 Å². The monoisotopic (exact) mass is 472 g/mol. The van der Waals surface area contributed by atoms with Crippen molar-refractivity contribution >= 4 is 21.5 Å². The molecule has 0 aliphatic heterocycles. The van der Waals surface area contributed by atoms with Crippen LogP contribution in [0.5, 0.6) is 0 Å². The van der Waals surface area contributed by atoms with Crippen LogP contribution in [-0.2, 0) is 25.7 Å². The predicted octanol–water partition coefficient (Wildman–Crippen LogP) is 9.31. The Hall–Kier alpha value is -4.16. The third-order valence-corrected chi connectivity index (χ3v) is 8.70. The topological polar surface area (TPSA) is 0 Å². The molecular weight excluding hydrogens is 444 g/mol. The first-order valence-corrected chi connectivity index (χ1v) is 13.6. The fraction of sp³-hybridized carbons (Fsp3) is 0.135. The van der Waals surface area contributed by atoms with Gasteiger partial charge in [-0.15, -0.1) is 0 Å². The molecule has 0 radical (unpaired) electrons. The Labute approximate surface area is 218 Å². The van der Waals surface area contributed by atoms with E-state index in [1.807, 2.05) is 0 Å². The standard InChI is InChI=1S/C37H28/c1-3-14-30-26(8-1)22-28-12-6-16-32-24(18-20-34(30)36(28)32)10-5-11-25-19-21-35-31-15-4-2-9-27(31)23-29-13-7-17-33(25)37(29)35/h1-4,6-9,12-21H,5,10-11,22-23H2. The summed E-state index contributed by atoms with van der Waals surface area (Å²) in [7, 11) is 0. The minimum absolute atomic E-state index is 1.04. The molecule has 0 N–H and O–H groups in total. The lowest BCUT2D eigenvalue weighted by Gasteiger charge is -2.23. The summed E-state index contributed by atoms with van der Waals surface area (Å²) in [5.41, 5.74) is 14.4. The lowest BCUT2D eigenvalue weighted by molar-refractivity contribution is 0.829. The number of benzene rings is 6. The minimum Gasteiger partial charge on any atom is -0.0619 e. The van der Waals surface area contributed by atoms with Gasteiger partial charge in [0.2, 0.25) is 0 Å². The molecule has 8 rings (SSSR count). The van der Waals surface area contributed by atoms with E-state index in [-0.39, 0.29) is 0 Å². The van der Waals surface area contributed by atoms with Crippen LogP contribution in [0.4, 0.5) is 0 Å².